The number of aromatic amines is 1. The second kappa shape index (κ2) is 4.54. The highest BCUT2D eigenvalue weighted by molar-refractivity contribution is 7.89. The molecule has 1 unspecified atom stereocenters. The predicted molar refractivity (Wildman–Crippen MR) is 61.9 cm³/mol. The fourth-order valence-corrected chi connectivity index (χ4v) is 3.48. The highest BCUT2D eigenvalue weighted by Crippen LogP contribution is 2.21. The smallest absolute Gasteiger partial charge is 0.245 e. The second-order valence-corrected chi connectivity index (χ2v) is 5.82. The lowest BCUT2D eigenvalue weighted by molar-refractivity contribution is -0.137. The van der Waals surface area contributed by atoms with Crippen molar-refractivity contribution in [3.63, 3.8) is 0 Å². The minimum Gasteiger partial charge on any atom is -0.366 e. The molecular weight excluding hydrogens is 258 g/mol. The molecule has 1 aromatic heterocycles. The molecule has 0 radical (unpaired) electrons. The summed E-state index contributed by atoms with van der Waals surface area (Å²) >= 11 is 0. The monoisotopic (exact) mass is 271 g/mol. The Kier molecular flexibility index (Phi) is 3.22. The minimum atomic E-state index is -3.83. The molecule has 98 valence electrons. The van der Waals surface area contributed by atoms with Crippen LogP contribution in [0.4, 0.5) is 0 Å². The number of amides is 2. The van der Waals surface area contributed by atoms with Crippen molar-refractivity contribution in [2.75, 3.05) is 6.54 Å². The molecule has 0 aliphatic carbocycles. The van der Waals surface area contributed by atoms with Gasteiger partial charge in [0.2, 0.25) is 21.8 Å². The average Bonchev–Trinajstić information content (AvgIpc) is 2.82. The van der Waals surface area contributed by atoms with E-state index >= 15 is 0 Å². The molecule has 7 nitrogen and oxygen atoms in total. The van der Waals surface area contributed by atoms with Crippen molar-refractivity contribution in [1.29, 1.82) is 0 Å². The lowest BCUT2D eigenvalue weighted by Gasteiger charge is -2.31. The Labute approximate surface area is 104 Å². The van der Waals surface area contributed by atoms with Gasteiger partial charge in [0, 0.05) is 12.4 Å². The van der Waals surface area contributed by atoms with Crippen LogP contribution in [0.3, 0.4) is 0 Å². The van der Waals surface area contributed by atoms with Crippen molar-refractivity contribution >= 4 is 21.8 Å². The maximum Gasteiger partial charge on any atom is 0.245 e. The fourth-order valence-electron chi connectivity index (χ4n) is 1.89. The Balaban J connectivity index is 2.41. The Morgan fingerprint density at radius 2 is 2.17 bits per heavy atom. The van der Waals surface area contributed by atoms with Crippen LogP contribution in [0.1, 0.15) is 13.3 Å². The number of hydrogen-bond donors (Lipinski definition) is 2. The van der Waals surface area contributed by atoms with Crippen LogP contribution in [0.25, 0.3) is 0 Å². The highest BCUT2D eigenvalue weighted by atomic mass is 32.2. The van der Waals surface area contributed by atoms with Gasteiger partial charge < -0.3 is 4.98 Å². The SMILES string of the molecule is CCC1C(=O)NC(=O)CN1S(=O)(=O)c1cc[nH]c1. The maximum absolute atomic E-state index is 12.3. The number of sulfonamides is 1. The molecule has 8 heteroatoms. The van der Waals surface area contributed by atoms with Crippen molar-refractivity contribution in [3.05, 3.63) is 18.5 Å². The predicted octanol–water partition coefficient (Wildman–Crippen LogP) is -0.560. The molecule has 0 saturated carbocycles. The van der Waals surface area contributed by atoms with E-state index in [9.17, 15) is 18.0 Å². The average molecular weight is 271 g/mol. The number of hydrogen-bond acceptors (Lipinski definition) is 4. The van der Waals surface area contributed by atoms with Crippen molar-refractivity contribution in [2.24, 2.45) is 0 Å². The van der Waals surface area contributed by atoms with Gasteiger partial charge in [0.1, 0.15) is 6.04 Å². The Morgan fingerprint density at radius 3 is 2.72 bits per heavy atom. The normalized spacial score (nSPS) is 21.9. The summed E-state index contributed by atoms with van der Waals surface area (Å²) in [4.78, 5) is 25.6. The summed E-state index contributed by atoms with van der Waals surface area (Å²) in [5, 5.41) is 2.14. The molecule has 1 fully saturated rings. The first kappa shape index (κ1) is 12.8. The molecule has 0 aromatic carbocycles. The van der Waals surface area contributed by atoms with Crippen LogP contribution >= 0.6 is 0 Å². The fraction of sp³-hybridized carbons (Fsp3) is 0.400. The molecular formula is C10H13N3O4S. The molecule has 1 aromatic rings. The summed E-state index contributed by atoms with van der Waals surface area (Å²) in [6.45, 7) is 1.36. The molecule has 18 heavy (non-hydrogen) atoms. The third-order valence-electron chi connectivity index (χ3n) is 2.78. The van der Waals surface area contributed by atoms with Crippen LogP contribution in [0, 0.1) is 0 Å². The van der Waals surface area contributed by atoms with E-state index in [2.05, 4.69) is 10.3 Å². The summed E-state index contributed by atoms with van der Waals surface area (Å²) in [5.74, 6) is -1.18. The number of H-pyrrole nitrogens is 1. The molecule has 0 spiro atoms. The van der Waals surface area contributed by atoms with Gasteiger partial charge in [0.15, 0.2) is 0 Å². The molecule has 1 aliphatic rings. The van der Waals surface area contributed by atoms with Gasteiger partial charge in [-0.05, 0) is 12.5 Å². The topological polar surface area (TPSA) is 99.3 Å². The van der Waals surface area contributed by atoms with E-state index in [0.717, 1.165) is 4.31 Å². The zero-order chi connectivity index (χ0) is 13.3. The minimum absolute atomic E-state index is 0.0449. The first-order valence-corrected chi connectivity index (χ1v) is 6.89. The van der Waals surface area contributed by atoms with Gasteiger partial charge >= 0.3 is 0 Å². The van der Waals surface area contributed by atoms with E-state index in [1.807, 2.05) is 0 Å². The molecule has 2 amide bonds. The number of aromatic nitrogens is 1. The van der Waals surface area contributed by atoms with Crippen LogP contribution in [0.15, 0.2) is 23.4 Å². The van der Waals surface area contributed by atoms with E-state index in [1.165, 1.54) is 18.5 Å². The highest BCUT2D eigenvalue weighted by Gasteiger charge is 2.40. The number of imide groups is 1. The van der Waals surface area contributed by atoms with Gasteiger partial charge in [-0.2, -0.15) is 4.31 Å². The third-order valence-corrected chi connectivity index (χ3v) is 4.63. The maximum atomic E-state index is 12.3. The van der Waals surface area contributed by atoms with Gasteiger partial charge in [-0.1, -0.05) is 6.92 Å². The van der Waals surface area contributed by atoms with Crippen molar-refractivity contribution in [2.45, 2.75) is 24.3 Å². The lowest BCUT2D eigenvalue weighted by Crippen LogP contribution is -2.59. The van der Waals surface area contributed by atoms with E-state index < -0.39 is 27.9 Å². The Morgan fingerprint density at radius 1 is 1.44 bits per heavy atom. The van der Waals surface area contributed by atoms with Gasteiger partial charge in [-0.15, -0.1) is 0 Å². The molecule has 0 bridgehead atoms. The van der Waals surface area contributed by atoms with Crippen LogP contribution in [0.5, 0.6) is 0 Å². The van der Waals surface area contributed by atoms with Crippen molar-refractivity contribution in [1.82, 2.24) is 14.6 Å². The summed E-state index contributed by atoms with van der Waals surface area (Å²) < 4.78 is 25.5. The second-order valence-electron chi connectivity index (χ2n) is 3.93. The lowest BCUT2D eigenvalue weighted by atomic mass is 10.2. The van der Waals surface area contributed by atoms with Crippen LogP contribution in [0.2, 0.25) is 0 Å². The van der Waals surface area contributed by atoms with E-state index in [1.54, 1.807) is 6.92 Å². The third kappa shape index (κ3) is 2.04. The Bertz CT molecular complexity index is 564. The summed E-state index contributed by atoms with van der Waals surface area (Å²) in [5.41, 5.74) is 0. The van der Waals surface area contributed by atoms with E-state index in [-0.39, 0.29) is 11.4 Å². The van der Waals surface area contributed by atoms with Gasteiger partial charge in [-0.25, -0.2) is 8.42 Å². The largest absolute Gasteiger partial charge is 0.366 e. The molecule has 2 N–H and O–H groups in total. The summed E-state index contributed by atoms with van der Waals surface area (Å²) in [7, 11) is -3.83. The van der Waals surface area contributed by atoms with E-state index in [4.69, 9.17) is 0 Å². The van der Waals surface area contributed by atoms with Crippen molar-refractivity contribution in [3.8, 4) is 0 Å². The molecule has 1 aliphatic heterocycles. The number of nitrogens with zero attached hydrogens (tertiary/aromatic N) is 1. The van der Waals surface area contributed by atoms with Crippen LogP contribution < -0.4 is 5.32 Å². The molecule has 1 atom stereocenters. The number of carbonyl (C=O) groups excluding carboxylic acids is 2. The number of nitrogens with one attached hydrogen (secondary N) is 2. The zero-order valence-corrected chi connectivity index (χ0v) is 10.5. The zero-order valence-electron chi connectivity index (χ0n) is 9.71. The van der Waals surface area contributed by atoms with Gasteiger partial charge in [-0.3, -0.25) is 14.9 Å². The summed E-state index contributed by atoms with van der Waals surface area (Å²) in [6.07, 6.45) is 3.10. The van der Waals surface area contributed by atoms with E-state index in [0.29, 0.717) is 6.42 Å². The van der Waals surface area contributed by atoms with Gasteiger partial charge in [0.25, 0.3) is 0 Å². The quantitative estimate of drug-likeness (QED) is 0.720. The van der Waals surface area contributed by atoms with Crippen LogP contribution in [-0.2, 0) is 19.6 Å². The summed E-state index contributed by atoms with van der Waals surface area (Å²) in [6, 6.07) is 0.543. The Hall–Kier alpha value is -1.67. The first-order chi connectivity index (χ1) is 8.46. The number of piperazine rings is 1. The van der Waals surface area contributed by atoms with Crippen LogP contribution in [-0.4, -0.2) is 42.1 Å². The molecule has 2 rings (SSSR count). The first-order valence-electron chi connectivity index (χ1n) is 5.45. The number of carbonyl (C=O) groups is 2. The van der Waals surface area contributed by atoms with Gasteiger partial charge in [0.05, 0.1) is 11.4 Å². The number of rotatable bonds is 3. The van der Waals surface area contributed by atoms with Crippen molar-refractivity contribution < 1.29 is 18.0 Å². The molecule has 2 heterocycles. The molecule has 1 saturated heterocycles. The standard InChI is InChI=1S/C10H13N3O4S/c1-2-8-10(15)12-9(14)6-13(8)18(16,17)7-3-4-11-5-7/h3-5,8,11H,2,6H2,1H3,(H,12,14,15).